The number of halogens is 6. The van der Waals surface area contributed by atoms with Crippen molar-refractivity contribution in [3.8, 4) is 0 Å². The summed E-state index contributed by atoms with van der Waals surface area (Å²) in [5.74, 6) is 0.0953. The lowest BCUT2D eigenvalue weighted by atomic mass is 10.1. The molecule has 0 aliphatic carbocycles. The van der Waals surface area contributed by atoms with Crippen molar-refractivity contribution in [3.63, 3.8) is 0 Å². The number of piperazine rings is 1. The van der Waals surface area contributed by atoms with Gasteiger partial charge in [0.25, 0.3) is 5.56 Å². The van der Waals surface area contributed by atoms with Gasteiger partial charge in [0.1, 0.15) is 11.7 Å². The lowest BCUT2D eigenvalue weighted by molar-refractivity contribution is -0.139. The fourth-order valence-corrected chi connectivity index (χ4v) is 3.94. The van der Waals surface area contributed by atoms with E-state index in [4.69, 9.17) is 4.74 Å². The second kappa shape index (κ2) is 9.74. The number of nitrogens with zero attached hydrogens (tertiary/aromatic N) is 4. The third-order valence-corrected chi connectivity index (χ3v) is 5.47. The van der Waals surface area contributed by atoms with Crippen LogP contribution in [0, 0.1) is 0 Å². The van der Waals surface area contributed by atoms with Gasteiger partial charge in [-0.1, -0.05) is 0 Å². The Labute approximate surface area is 195 Å². The smallest absolute Gasteiger partial charge is 0.421 e. The van der Waals surface area contributed by atoms with E-state index >= 15 is 0 Å². The van der Waals surface area contributed by atoms with Crippen LogP contribution in [-0.4, -0.2) is 57.2 Å². The van der Waals surface area contributed by atoms with E-state index in [2.05, 4.69) is 9.97 Å². The Bertz CT molecular complexity index is 1090. The minimum Gasteiger partial charge on any atom is -0.446 e. The Morgan fingerprint density at radius 3 is 2.20 bits per heavy atom. The first-order valence-corrected chi connectivity index (χ1v) is 10.6. The Balaban J connectivity index is 1.62. The number of carbonyl (C=O) groups is 1. The normalized spacial score (nSPS) is 20.0. The summed E-state index contributed by atoms with van der Waals surface area (Å²) < 4.78 is 82.5. The SMILES string of the molecule is C[C@@H]1CN(C(=O)O[C@@H](C)Cc2c[nH]c(=O)c(C(F)(F)F)c2)C[C@@H](C)N1c1ncc(C(F)(F)F)cn1. The van der Waals surface area contributed by atoms with Gasteiger partial charge in [0.15, 0.2) is 0 Å². The molecule has 0 saturated carbocycles. The molecule has 3 heterocycles. The van der Waals surface area contributed by atoms with E-state index in [0.717, 1.165) is 12.3 Å². The van der Waals surface area contributed by atoms with Gasteiger partial charge < -0.3 is 19.5 Å². The summed E-state index contributed by atoms with van der Waals surface area (Å²) in [6.07, 6.45) is -8.38. The number of carbonyl (C=O) groups excluding carboxylic acids is 1. The summed E-state index contributed by atoms with van der Waals surface area (Å²) in [7, 11) is 0. The topological polar surface area (TPSA) is 91.4 Å². The molecule has 1 saturated heterocycles. The van der Waals surface area contributed by atoms with Crippen LogP contribution in [0.25, 0.3) is 0 Å². The predicted octanol–water partition coefficient (Wildman–Crippen LogP) is 3.87. The second-order valence-corrected chi connectivity index (χ2v) is 8.43. The minimum absolute atomic E-state index is 0.0595. The number of aromatic nitrogens is 3. The van der Waals surface area contributed by atoms with Crippen molar-refractivity contribution in [2.24, 2.45) is 0 Å². The van der Waals surface area contributed by atoms with Gasteiger partial charge >= 0.3 is 18.4 Å². The number of ether oxygens (including phenoxy) is 1. The molecule has 0 radical (unpaired) electrons. The van der Waals surface area contributed by atoms with Crippen LogP contribution in [0.15, 0.2) is 29.5 Å². The number of H-pyrrole nitrogens is 1. The number of hydrogen-bond donors (Lipinski definition) is 1. The van der Waals surface area contributed by atoms with Gasteiger partial charge in [0.2, 0.25) is 5.95 Å². The zero-order chi connectivity index (χ0) is 26.1. The van der Waals surface area contributed by atoms with Gasteiger partial charge in [0.05, 0.1) is 5.56 Å². The molecule has 0 aromatic carbocycles. The maximum atomic E-state index is 12.9. The fourth-order valence-electron chi connectivity index (χ4n) is 3.94. The first kappa shape index (κ1) is 26.3. The Morgan fingerprint density at radius 1 is 1.11 bits per heavy atom. The van der Waals surface area contributed by atoms with Crippen molar-refractivity contribution in [2.45, 2.75) is 57.7 Å². The van der Waals surface area contributed by atoms with E-state index in [1.54, 1.807) is 18.7 Å². The Morgan fingerprint density at radius 2 is 1.69 bits per heavy atom. The Kier molecular flexibility index (Phi) is 7.31. The molecule has 0 unspecified atom stereocenters. The molecule has 0 bridgehead atoms. The highest BCUT2D eigenvalue weighted by Gasteiger charge is 2.37. The van der Waals surface area contributed by atoms with Crippen LogP contribution >= 0.6 is 0 Å². The van der Waals surface area contributed by atoms with E-state index in [1.807, 2.05) is 4.98 Å². The summed E-state index contributed by atoms with van der Waals surface area (Å²) in [5, 5.41) is 0. The molecule has 192 valence electrons. The molecule has 0 spiro atoms. The zero-order valence-corrected chi connectivity index (χ0v) is 18.9. The zero-order valence-electron chi connectivity index (χ0n) is 18.9. The highest BCUT2D eigenvalue weighted by Crippen LogP contribution is 2.30. The van der Waals surface area contributed by atoms with Gasteiger partial charge in [-0.25, -0.2) is 14.8 Å². The van der Waals surface area contributed by atoms with Crippen LogP contribution in [-0.2, 0) is 23.5 Å². The molecule has 1 aliphatic heterocycles. The van der Waals surface area contributed by atoms with Crippen LogP contribution in [0.2, 0.25) is 0 Å². The molecular weight excluding hydrogens is 484 g/mol. The van der Waals surface area contributed by atoms with E-state index in [9.17, 15) is 35.9 Å². The van der Waals surface area contributed by atoms with Crippen LogP contribution < -0.4 is 10.5 Å². The average Bonchev–Trinajstić information content (AvgIpc) is 2.73. The Hall–Kier alpha value is -3.32. The van der Waals surface area contributed by atoms with Crippen molar-refractivity contribution in [2.75, 3.05) is 18.0 Å². The first-order chi connectivity index (χ1) is 16.2. The number of hydrogen-bond acceptors (Lipinski definition) is 6. The minimum atomic E-state index is -4.81. The number of anilines is 1. The summed E-state index contributed by atoms with van der Waals surface area (Å²) >= 11 is 0. The van der Waals surface area contributed by atoms with Gasteiger partial charge in [-0.15, -0.1) is 0 Å². The lowest BCUT2D eigenvalue weighted by Gasteiger charge is -2.44. The summed E-state index contributed by atoms with van der Waals surface area (Å²) in [6, 6.07) is 0.00893. The molecular formula is C21H23F6N5O3. The van der Waals surface area contributed by atoms with Crippen LogP contribution in [0.3, 0.4) is 0 Å². The molecule has 1 amide bonds. The molecule has 2 aromatic heterocycles. The summed E-state index contributed by atoms with van der Waals surface area (Å²) in [4.78, 5) is 36.8. The third kappa shape index (κ3) is 6.22. The molecule has 35 heavy (non-hydrogen) atoms. The van der Waals surface area contributed by atoms with E-state index in [1.165, 1.54) is 11.8 Å². The number of rotatable bonds is 4. The van der Waals surface area contributed by atoms with Crippen molar-refractivity contribution >= 4 is 12.0 Å². The quantitative estimate of drug-likeness (QED) is 0.632. The van der Waals surface area contributed by atoms with E-state index in [-0.39, 0.29) is 43.1 Å². The number of pyridine rings is 1. The fraction of sp³-hybridized carbons (Fsp3) is 0.524. The van der Waals surface area contributed by atoms with Crippen molar-refractivity contribution < 1.29 is 35.9 Å². The van der Waals surface area contributed by atoms with Gasteiger partial charge in [-0.3, -0.25) is 4.79 Å². The van der Waals surface area contributed by atoms with E-state index in [0.29, 0.717) is 12.4 Å². The average molecular weight is 507 g/mol. The molecule has 3 atom stereocenters. The van der Waals surface area contributed by atoms with Crippen LogP contribution in [0.1, 0.15) is 37.5 Å². The molecule has 14 heteroatoms. The monoisotopic (exact) mass is 507 g/mol. The number of alkyl halides is 6. The van der Waals surface area contributed by atoms with Gasteiger partial charge in [-0.05, 0) is 32.4 Å². The molecule has 3 rings (SSSR count). The highest BCUT2D eigenvalue weighted by molar-refractivity contribution is 5.68. The largest absolute Gasteiger partial charge is 0.446 e. The third-order valence-electron chi connectivity index (χ3n) is 5.47. The summed E-state index contributed by atoms with van der Waals surface area (Å²) in [6.45, 7) is 5.34. The number of nitrogens with one attached hydrogen (secondary N) is 1. The molecule has 1 aliphatic rings. The predicted molar refractivity (Wildman–Crippen MR) is 112 cm³/mol. The lowest BCUT2D eigenvalue weighted by Crippen LogP contribution is -2.59. The summed E-state index contributed by atoms with van der Waals surface area (Å²) in [5.41, 5.74) is -3.42. The molecule has 8 nitrogen and oxygen atoms in total. The van der Waals surface area contributed by atoms with Crippen molar-refractivity contribution in [1.82, 2.24) is 19.9 Å². The van der Waals surface area contributed by atoms with Crippen LogP contribution in [0.5, 0.6) is 0 Å². The van der Waals surface area contributed by atoms with Gasteiger partial charge in [-0.2, -0.15) is 26.3 Å². The maximum absolute atomic E-state index is 12.9. The number of amides is 1. The maximum Gasteiger partial charge on any atom is 0.421 e. The molecule has 1 fully saturated rings. The van der Waals surface area contributed by atoms with E-state index < -0.39 is 41.2 Å². The van der Waals surface area contributed by atoms with Gasteiger partial charge in [0, 0.05) is 50.2 Å². The molecule has 2 aromatic rings. The molecule has 1 N–H and O–H groups in total. The second-order valence-electron chi connectivity index (χ2n) is 8.43. The van der Waals surface area contributed by atoms with Crippen LogP contribution in [0.4, 0.5) is 37.1 Å². The highest BCUT2D eigenvalue weighted by atomic mass is 19.4. The standard InChI is InChI=1S/C21H23F6N5O3/c1-11-9-31(10-12(2)32(11)18-29-7-15(8-30-18)20(22,23)24)19(34)35-13(3)4-14-5-16(21(25,26)27)17(33)28-6-14/h5-8,11-13H,4,9-10H2,1-3H3,(H,28,33)/t11-,12-,13+/m1/s1. The van der Waals surface area contributed by atoms with Crippen molar-refractivity contribution in [3.05, 3.63) is 51.7 Å². The first-order valence-electron chi connectivity index (χ1n) is 10.6. The number of aromatic amines is 1. The van der Waals surface area contributed by atoms with Crippen molar-refractivity contribution in [1.29, 1.82) is 0 Å².